The van der Waals surface area contributed by atoms with Crippen LogP contribution < -0.4 is 4.74 Å². The van der Waals surface area contributed by atoms with E-state index in [0.717, 1.165) is 18.7 Å². The van der Waals surface area contributed by atoms with Gasteiger partial charge < -0.3 is 24.7 Å². The van der Waals surface area contributed by atoms with E-state index >= 15 is 0 Å². The van der Waals surface area contributed by atoms with E-state index in [1.54, 1.807) is 4.90 Å². The number of carboxylic acids is 2. The van der Waals surface area contributed by atoms with E-state index < -0.39 is 11.9 Å². The molecule has 8 nitrogen and oxygen atoms in total. The number of carboxylic acid groups (broad SMARTS) is 2. The quantitative estimate of drug-likeness (QED) is 0.724. The molecule has 1 aromatic carbocycles. The van der Waals surface area contributed by atoms with Crippen LogP contribution in [0.5, 0.6) is 5.75 Å². The predicted octanol–water partition coefficient (Wildman–Crippen LogP) is 2.11. The zero-order chi connectivity index (χ0) is 21.2. The highest BCUT2D eigenvalue weighted by atomic mass is 16.5. The number of aliphatic carboxylic acids is 2. The first kappa shape index (κ1) is 22.4. The SMILES string of the molecule is CN1CC(CCN2CCCCC2)Oc2ccccc2C1=O.O=C(O)/C=C/C(=O)O. The fraction of sp³-hybridized carbons (Fsp3) is 0.476. The average molecular weight is 404 g/mol. The lowest BCUT2D eigenvalue weighted by Gasteiger charge is -2.28. The highest BCUT2D eigenvalue weighted by molar-refractivity contribution is 5.97. The highest BCUT2D eigenvalue weighted by Crippen LogP contribution is 2.25. The number of carbonyl (C=O) groups is 3. The Morgan fingerprint density at radius 1 is 1.10 bits per heavy atom. The van der Waals surface area contributed by atoms with Crippen LogP contribution in [-0.4, -0.2) is 77.2 Å². The van der Waals surface area contributed by atoms with Crippen LogP contribution in [-0.2, 0) is 9.59 Å². The van der Waals surface area contributed by atoms with Crippen molar-refractivity contribution in [1.82, 2.24) is 9.80 Å². The first-order valence-electron chi connectivity index (χ1n) is 9.74. The fourth-order valence-electron chi connectivity index (χ4n) is 3.36. The maximum absolute atomic E-state index is 12.3. The number of hydrogen-bond donors (Lipinski definition) is 2. The Morgan fingerprint density at radius 3 is 2.34 bits per heavy atom. The van der Waals surface area contributed by atoms with Crippen molar-refractivity contribution in [3.63, 3.8) is 0 Å². The van der Waals surface area contributed by atoms with Crippen molar-refractivity contribution in [3.05, 3.63) is 42.0 Å². The zero-order valence-corrected chi connectivity index (χ0v) is 16.6. The largest absolute Gasteiger partial charge is 0.488 e. The molecule has 2 heterocycles. The summed E-state index contributed by atoms with van der Waals surface area (Å²) in [6.07, 6.45) is 6.17. The van der Waals surface area contributed by atoms with Crippen molar-refractivity contribution in [3.8, 4) is 5.75 Å². The molecule has 1 atom stereocenters. The Labute approximate surface area is 170 Å². The van der Waals surface area contributed by atoms with E-state index in [1.165, 1.54) is 32.4 Å². The molecule has 8 heteroatoms. The number of benzene rings is 1. The van der Waals surface area contributed by atoms with Gasteiger partial charge in [0, 0.05) is 25.7 Å². The van der Waals surface area contributed by atoms with E-state index in [-0.39, 0.29) is 12.0 Å². The van der Waals surface area contributed by atoms with Crippen LogP contribution >= 0.6 is 0 Å². The van der Waals surface area contributed by atoms with E-state index in [9.17, 15) is 14.4 Å². The molecule has 158 valence electrons. The summed E-state index contributed by atoms with van der Waals surface area (Å²) in [6.45, 7) is 4.15. The molecule has 2 N–H and O–H groups in total. The molecule has 3 rings (SSSR count). The number of para-hydroxylation sites is 1. The van der Waals surface area contributed by atoms with E-state index in [1.807, 2.05) is 31.3 Å². The molecule has 0 aliphatic carbocycles. The number of ether oxygens (including phenoxy) is 1. The molecular formula is C21H28N2O6. The lowest BCUT2D eigenvalue weighted by atomic mass is 10.1. The first-order chi connectivity index (χ1) is 13.9. The molecule has 0 bridgehead atoms. The van der Waals surface area contributed by atoms with E-state index in [4.69, 9.17) is 14.9 Å². The Kier molecular flexibility index (Phi) is 8.67. The maximum Gasteiger partial charge on any atom is 0.328 e. The molecule has 1 amide bonds. The molecule has 0 spiro atoms. The van der Waals surface area contributed by atoms with Crippen molar-refractivity contribution in [1.29, 1.82) is 0 Å². The summed E-state index contributed by atoms with van der Waals surface area (Å²) in [5, 5.41) is 15.6. The third-order valence-corrected chi connectivity index (χ3v) is 4.82. The van der Waals surface area contributed by atoms with Crippen LogP contribution in [0.4, 0.5) is 0 Å². The summed E-state index contributed by atoms with van der Waals surface area (Å²) in [6, 6.07) is 7.57. The summed E-state index contributed by atoms with van der Waals surface area (Å²) < 4.78 is 6.10. The number of fused-ring (bicyclic) bond motifs is 1. The van der Waals surface area contributed by atoms with Crippen LogP contribution in [0.15, 0.2) is 36.4 Å². The minimum absolute atomic E-state index is 0.0612. The molecule has 1 unspecified atom stereocenters. The average Bonchev–Trinajstić information content (AvgIpc) is 2.83. The monoisotopic (exact) mass is 404 g/mol. The highest BCUT2D eigenvalue weighted by Gasteiger charge is 2.26. The number of amides is 1. The lowest BCUT2D eigenvalue weighted by Crippen LogP contribution is -2.38. The van der Waals surface area contributed by atoms with Gasteiger partial charge >= 0.3 is 11.9 Å². The molecular weight excluding hydrogens is 376 g/mol. The van der Waals surface area contributed by atoms with Gasteiger partial charge in [0.25, 0.3) is 5.91 Å². The summed E-state index contributed by atoms with van der Waals surface area (Å²) in [5.74, 6) is -1.72. The third-order valence-electron chi connectivity index (χ3n) is 4.82. The van der Waals surface area contributed by atoms with Crippen molar-refractivity contribution < 1.29 is 29.3 Å². The van der Waals surface area contributed by atoms with Gasteiger partial charge in [0.1, 0.15) is 11.9 Å². The zero-order valence-electron chi connectivity index (χ0n) is 16.6. The van der Waals surface area contributed by atoms with Crippen LogP contribution in [0.2, 0.25) is 0 Å². The first-order valence-corrected chi connectivity index (χ1v) is 9.74. The van der Waals surface area contributed by atoms with E-state index in [0.29, 0.717) is 24.3 Å². The summed E-state index contributed by atoms with van der Waals surface area (Å²) in [7, 11) is 1.86. The minimum Gasteiger partial charge on any atom is -0.488 e. The van der Waals surface area contributed by atoms with Crippen molar-refractivity contribution in [2.45, 2.75) is 31.8 Å². The smallest absolute Gasteiger partial charge is 0.328 e. The molecule has 1 aromatic rings. The molecule has 0 aromatic heterocycles. The fourth-order valence-corrected chi connectivity index (χ4v) is 3.36. The van der Waals surface area contributed by atoms with Gasteiger partial charge in [-0.1, -0.05) is 18.6 Å². The Morgan fingerprint density at radius 2 is 1.72 bits per heavy atom. The van der Waals surface area contributed by atoms with Gasteiger partial charge in [0.15, 0.2) is 0 Å². The second-order valence-corrected chi connectivity index (χ2v) is 7.12. The van der Waals surface area contributed by atoms with Gasteiger partial charge in [0.05, 0.1) is 12.1 Å². The van der Waals surface area contributed by atoms with Gasteiger partial charge in [-0.2, -0.15) is 0 Å². The molecule has 1 saturated heterocycles. The summed E-state index contributed by atoms with van der Waals surface area (Å²) in [4.78, 5) is 35.7. The number of likely N-dealkylation sites (tertiary alicyclic amines) is 1. The third kappa shape index (κ3) is 7.57. The van der Waals surface area contributed by atoms with Gasteiger partial charge in [-0.05, 0) is 44.5 Å². The second-order valence-electron chi connectivity index (χ2n) is 7.12. The maximum atomic E-state index is 12.3. The standard InChI is InChI=1S/C17H24N2O2.C4H4O4/c1-18-13-14(9-12-19-10-5-2-6-11-19)21-16-8-4-3-7-15(16)17(18)20;5-3(6)1-2-4(7)8/h3-4,7-8,14H,2,5-6,9-13H2,1H3;1-2H,(H,5,6)(H,7,8)/b;2-1+. The normalized spacial score (nSPS) is 19.6. The van der Waals surface area contributed by atoms with Gasteiger partial charge in [-0.15, -0.1) is 0 Å². The van der Waals surface area contributed by atoms with E-state index in [2.05, 4.69) is 4.90 Å². The Hall–Kier alpha value is -2.87. The van der Waals surface area contributed by atoms with Crippen molar-refractivity contribution in [2.24, 2.45) is 0 Å². The van der Waals surface area contributed by atoms with Crippen molar-refractivity contribution >= 4 is 17.8 Å². The topological polar surface area (TPSA) is 107 Å². The van der Waals surface area contributed by atoms with Gasteiger partial charge in [-0.25, -0.2) is 9.59 Å². The minimum atomic E-state index is -1.26. The number of nitrogens with zero attached hydrogens (tertiary/aromatic N) is 2. The molecule has 29 heavy (non-hydrogen) atoms. The molecule has 1 fully saturated rings. The van der Waals surface area contributed by atoms with Crippen LogP contribution in [0.25, 0.3) is 0 Å². The Bertz CT molecular complexity index is 726. The summed E-state index contributed by atoms with van der Waals surface area (Å²) >= 11 is 0. The number of piperidine rings is 1. The van der Waals surface area contributed by atoms with Crippen molar-refractivity contribution in [2.75, 3.05) is 33.2 Å². The molecule has 0 saturated carbocycles. The van der Waals surface area contributed by atoms with Crippen LogP contribution in [0.1, 0.15) is 36.0 Å². The lowest BCUT2D eigenvalue weighted by molar-refractivity contribution is -0.134. The predicted molar refractivity (Wildman–Crippen MR) is 107 cm³/mol. The number of rotatable bonds is 5. The molecule has 0 radical (unpaired) electrons. The molecule has 2 aliphatic heterocycles. The number of likely N-dealkylation sites (N-methyl/N-ethyl adjacent to an activating group) is 1. The number of carbonyl (C=O) groups excluding carboxylic acids is 1. The Balaban J connectivity index is 0.000000321. The van der Waals surface area contributed by atoms with Crippen LogP contribution in [0.3, 0.4) is 0 Å². The van der Waals surface area contributed by atoms with Crippen LogP contribution in [0, 0.1) is 0 Å². The molecule has 2 aliphatic rings. The van der Waals surface area contributed by atoms with Gasteiger partial charge in [-0.3, -0.25) is 4.79 Å². The second kappa shape index (κ2) is 11.2. The van der Waals surface area contributed by atoms with Gasteiger partial charge in [0.2, 0.25) is 0 Å². The summed E-state index contributed by atoms with van der Waals surface area (Å²) in [5.41, 5.74) is 0.681. The number of hydrogen-bond acceptors (Lipinski definition) is 5.